The van der Waals surface area contributed by atoms with Gasteiger partial charge >= 0.3 is 6.03 Å². The van der Waals surface area contributed by atoms with Crippen LogP contribution in [0.3, 0.4) is 0 Å². The summed E-state index contributed by atoms with van der Waals surface area (Å²) in [5.41, 5.74) is 3.02. The molecule has 0 saturated carbocycles. The molecule has 1 aliphatic heterocycles. The molecule has 3 aromatic carbocycles. The van der Waals surface area contributed by atoms with Crippen LogP contribution < -0.4 is 20.3 Å². The van der Waals surface area contributed by atoms with Crippen LogP contribution in [0.2, 0.25) is 5.02 Å². The number of ether oxygens (including phenoxy) is 1. The van der Waals surface area contributed by atoms with Crippen LogP contribution in [0.5, 0.6) is 5.75 Å². The van der Waals surface area contributed by atoms with E-state index in [2.05, 4.69) is 10.6 Å². The topological polar surface area (TPSA) is 105 Å². The number of rotatable bonds is 6. The number of imide groups is 2. The molecule has 0 aliphatic carbocycles. The number of hydrogen-bond donors (Lipinski definition) is 2. The minimum absolute atomic E-state index is 0.183. The fourth-order valence-corrected chi connectivity index (χ4v) is 3.80. The molecule has 0 spiro atoms. The summed E-state index contributed by atoms with van der Waals surface area (Å²) < 4.78 is 5.52. The second-order valence-corrected chi connectivity index (χ2v) is 8.54. The number of para-hydroxylation sites is 1. The predicted octanol–water partition coefficient (Wildman–Crippen LogP) is 4.64. The lowest BCUT2D eigenvalue weighted by atomic mass is 10.1. The molecule has 0 aromatic heterocycles. The standard InChI is InChI=1S/C27H22ClN3O5/c1-16-7-10-19(11-8-16)29-24(32)15-36-23-12-9-18(14-21(23)28)13-20-25(33)30-27(35)31(26(20)34)22-6-4-3-5-17(22)2/h3-14H,15H2,1-2H3,(H,29,32)(H,30,33,35)/b20-13+. The van der Waals surface area contributed by atoms with Crippen molar-refractivity contribution in [3.8, 4) is 5.75 Å². The molecule has 0 radical (unpaired) electrons. The van der Waals surface area contributed by atoms with E-state index in [0.29, 0.717) is 22.5 Å². The lowest BCUT2D eigenvalue weighted by Crippen LogP contribution is -2.54. The summed E-state index contributed by atoms with van der Waals surface area (Å²) in [6.45, 7) is 3.45. The van der Waals surface area contributed by atoms with E-state index in [-0.39, 0.29) is 28.9 Å². The normalized spacial score (nSPS) is 14.6. The third kappa shape index (κ3) is 5.45. The third-order valence-electron chi connectivity index (χ3n) is 5.42. The average molecular weight is 504 g/mol. The molecule has 3 aromatic rings. The van der Waals surface area contributed by atoms with Crippen molar-refractivity contribution in [1.82, 2.24) is 5.32 Å². The monoisotopic (exact) mass is 503 g/mol. The Morgan fingerprint density at radius 2 is 1.75 bits per heavy atom. The van der Waals surface area contributed by atoms with Crippen LogP contribution in [0.25, 0.3) is 6.08 Å². The molecule has 1 fully saturated rings. The lowest BCUT2D eigenvalue weighted by molar-refractivity contribution is -0.122. The first-order valence-electron chi connectivity index (χ1n) is 11.0. The third-order valence-corrected chi connectivity index (χ3v) is 5.71. The summed E-state index contributed by atoms with van der Waals surface area (Å²) in [6.07, 6.45) is 1.34. The van der Waals surface area contributed by atoms with Gasteiger partial charge in [0.15, 0.2) is 6.61 Å². The fraction of sp³-hybridized carbons (Fsp3) is 0.111. The van der Waals surface area contributed by atoms with Crippen molar-refractivity contribution in [3.05, 3.63) is 94.0 Å². The largest absolute Gasteiger partial charge is 0.482 e. The van der Waals surface area contributed by atoms with Gasteiger partial charge in [-0.2, -0.15) is 0 Å². The van der Waals surface area contributed by atoms with E-state index in [4.69, 9.17) is 16.3 Å². The van der Waals surface area contributed by atoms with Crippen LogP contribution in [0.15, 0.2) is 72.3 Å². The van der Waals surface area contributed by atoms with Crippen LogP contribution in [0, 0.1) is 13.8 Å². The number of halogens is 1. The maximum Gasteiger partial charge on any atom is 0.335 e. The van der Waals surface area contributed by atoms with E-state index < -0.39 is 17.8 Å². The van der Waals surface area contributed by atoms with Crippen molar-refractivity contribution < 1.29 is 23.9 Å². The summed E-state index contributed by atoms with van der Waals surface area (Å²) in [5, 5.41) is 5.11. The zero-order chi connectivity index (χ0) is 25.8. The fourth-order valence-electron chi connectivity index (χ4n) is 3.56. The summed E-state index contributed by atoms with van der Waals surface area (Å²) in [4.78, 5) is 51.0. The summed E-state index contributed by atoms with van der Waals surface area (Å²) in [7, 11) is 0. The molecule has 182 valence electrons. The highest BCUT2D eigenvalue weighted by Gasteiger charge is 2.37. The van der Waals surface area contributed by atoms with Gasteiger partial charge in [0.1, 0.15) is 11.3 Å². The molecular weight excluding hydrogens is 482 g/mol. The van der Waals surface area contributed by atoms with Gasteiger partial charge in [-0.1, -0.05) is 53.6 Å². The van der Waals surface area contributed by atoms with Gasteiger partial charge in [-0.3, -0.25) is 19.7 Å². The first-order chi connectivity index (χ1) is 17.2. The number of benzene rings is 3. The highest BCUT2D eigenvalue weighted by atomic mass is 35.5. The van der Waals surface area contributed by atoms with E-state index >= 15 is 0 Å². The zero-order valence-corrected chi connectivity index (χ0v) is 20.3. The number of aryl methyl sites for hydroxylation is 2. The van der Waals surface area contributed by atoms with Crippen LogP contribution in [-0.2, 0) is 14.4 Å². The predicted molar refractivity (Wildman–Crippen MR) is 137 cm³/mol. The van der Waals surface area contributed by atoms with Crippen molar-refractivity contribution in [3.63, 3.8) is 0 Å². The second-order valence-electron chi connectivity index (χ2n) is 8.14. The van der Waals surface area contributed by atoms with Crippen LogP contribution in [0.1, 0.15) is 16.7 Å². The number of carbonyl (C=O) groups is 4. The van der Waals surface area contributed by atoms with E-state index in [0.717, 1.165) is 10.5 Å². The Balaban J connectivity index is 1.48. The van der Waals surface area contributed by atoms with Gasteiger partial charge in [0, 0.05) is 5.69 Å². The molecule has 1 saturated heterocycles. The molecule has 0 bridgehead atoms. The summed E-state index contributed by atoms with van der Waals surface area (Å²) >= 11 is 6.31. The van der Waals surface area contributed by atoms with Gasteiger partial charge in [-0.05, 0) is 61.4 Å². The van der Waals surface area contributed by atoms with Gasteiger partial charge in [0.05, 0.1) is 10.7 Å². The molecule has 2 N–H and O–H groups in total. The van der Waals surface area contributed by atoms with Gasteiger partial charge in [0.25, 0.3) is 17.7 Å². The Morgan fingerprint density at radius 3 is 2.44 bits per heavy atom. The van der Waals surface area contributed by atoms with E-state index in [1.54, 1.807) is 49.4 Å². The van der Waals surface area contributed by atoms with Crippen molar-refractivity contribution in [2.75, 3.05) is 16.8 Å². The number of carbonyl (C=O) groups excluding carboxylic acids is 4. The van der Waals surface area contributed by atoms with Gasteiger partial charge in [0.2, 0.25) is 0 Å². The van der Waals surface area contributed by atoms with Crippen molar-refractivity contribution in [2.45, 2.75) is 13.8 Å². The average Bonchev–Trinajstić information content (AvgIpc) is 2.84. The first kappa shape index (κ1) is 24.7. The van der Waals surface area contributed by atoms with Crippen LogP contribution >= 0.6 is 11.6 Å². The Bertz CT molecular complexity index is 1400. The highest BCUT2D eigenvalue weighted by Crippen LogP contribution is 2.28. The summed E-state index contributed by atoms with van der Waals surface area (Å²) in [6, 6.07) is 18.0. The van der Waals surface area contributed by atoms with Crippen LogP contribution in [-0.4, -0.2) is 30.4 Å². The number of nitrogens with zero attached hydrogens (tertiary/aromatic N) is 1. The smallest absolute Gasteiger partial charge is 0.335 e. The molecule has 36 heavy (non-hydrogen) atoms. The second kappa shape index (κ2) is 10.5. The molecule has 9 heteroatoms. The highest BCUT2D eigenvalue weighted by molar-refractivity contribution is 6.39. The molecule has 1 aliphatic rings. The molecule has 1 heterocycles. The molecule has 0 atom stereocenters. The van der Waals surface area contributed by atoms with Crippen LogP contribution in [0.4, 0.5) is 16.2 Å². The SMILES string of the molecule is Cc1ccc(NC(=O)COc2ccc(/C=C3\C(=O)NC(=O)N(c4ccccc4C)C3=O)cc2Cl)cc1. The van der Waals surface area contributed by atoms with Crippen molar-refractivity contribution in [1.29, 1.82) is 0 Å². The maximum atomic E-state index is 13.1. The van der Waals surface area contributed by atoms with E-state index in [1.165, 1.54) is 18.2 Å². The molecule has 8 nitrogen and oxygen atoms in total. The molecular formula is C27H22ClN3O5. The summed E-state index contributed by atoms with van der Waals surface area (Å²) in [5.74, 6) is -1.65. The lowest BCUT2D eigenvalue weighted by Gasteiger charge is -2.27. The minimum atomic E-state index is -0.817. The zero-order valence-electron chi connectivity index (χ0n) is 19.5. The van der Waals surface area contributed by atoms with Gasteiger partial charge < -0.3 is 10.1 Å². The number of urea groups is 1. The Morgan fingerprint density at radius 1 is 1.03 bits per heavy atom. The van der Waals surface area contributed by atoms with Crippen molar-refractivity contribution in [2.24, 2.45) is 0 Å². The number of amides is 5. The number of barbiturate groups is 1. The minimum Gasteiger partial charge on any atom is -0.482 e. The van der Waals surface area contributed by atoms with E-state index in [1.807, 2.05) is 19.1 Å². The number of hydrogen-bond acceptors (Lipinski definition) is 5. The number of anilines is 2. The quantitative estimate of drug-likeness (QED) is 0.376. The molecule has 0 unspecified atom stereocenters. The Hall–Kier alpha value is -4.43. The van der Waals surface area contributed by atoms with E-state index in [9.17, 15) is 19.2 Å². The van der Waals surface area contributed by atoms with Gasteiger partial charge in [-0.15, -0.1) is 0 Å². The molecule has 4 rings (SSSR count). The Kier molecular flexibility index (Phi) is 7.17. The maximum absolute atomic E-state index is 13.1. The van der Waals surface area contributed by atoms with Crippen molar-refractivity contribution >= 4 is 52.8 Å². The Labute approximate surface area is 212 Å². The number of nitrogens with one attached hydrogen (secondary N) is 2. The van der Waals surface area contributed by atoms with Gasteiger partial charge in [-0.25, -0.2) is 9.69 Å². The molecule has 5 amide bonds. The first-order valence-corrected chi connectivity index (χ1v) is 11.4.